The van der Waals surface area contributed by atoms with Crippen LogP contribution in [0.1, 0.15) is 12.5 Å². The summed E-state index contributed by atoms with van der Waals surface area (Å²) in [6, 6.07) is 12.8. The zero-order valence-electron chi connectivity index (χ0n) is 14.3. The first-order chi connectivity index (χ1) is 12.5. The van der Waals surface area contributed by atoms with Crippen molar-refractivity contribution >= 4 is 50.3 Å². The Balaban J connectivity index is 1.64. The van der Waals surface area contributed by atoms with Gasteiger partial charge in [-0.2, -0.15) is 0 Å². The second kappa shape index (κ2) is 7.79. The van der Waals surface area contributed by atoms with Gasteiger partial charge in [-0.25, -0.2) is 4.98 Å². The average molecular weight is 367 g/mol. The number of ether oxygens (including phenoxy) is 1. The Morgan fingerprint density at radius 2 is 1.88 bits per heavy atom. The minimum Gasteiger partial charge on any atom is -0.497 e. The lowest BCUT2D eigenvalue weighted by Crippen LogP contribution is -2.07. The first-order valence-corrected chi connectivity index (χ1v) is 8.66. The van der Waals surface area contributed by atoms with E-state index in [1.807, 2.05) is 30.3 Å². The van der Waals surface area contributed by atoms with Crippen LogP contribution in [0.3, 0.4) is 0 Å². The van der Waals surface area contributed by atoms with Crippen LogP contribution >= 0.6 is 11.3 Å². The van der Waals surface area contributed by atoms with Crippen LogP contribution in [-0.2, 0) is 9.59 Å². The summed E-state index contributed by atoms with van der Waals surface area (Å²) in [6.45, 7) is 1.45. The van der Waals surface area contributed by atoms with E-state index in [2.05, 4.69) is 15.6 Å². The van der Waals surface area contributed by atoms with Crippen LogP contribution in [0.15, 0.2) is 48.5 Å². The first kappa shape index (κ1) is 17.6. The topological polar surface area (TPSA) is 80.3 Å². The normalized spacial score (nSPS) is 10.8. The number of nitrogens with zero attached hydrogens (tertiary/aromatic N) is 1. The summed E-state index contributed by atoms with van der Waals surface area (Å²) < 4.78 is 6.13. The maximum absolute atomic E-state index is 12.1. The number of rotatable bonds is 5. The maximum Gasteiger partial charge on any atom is 0.250 e. The molecule has 0 radical (unpaired) electrons. The Hall–Kier alpha value is -3.19. The van der Waals surface area contributed by atoms with Gasteiger partial charge in [0.25, 0.3) is 0 Å². The molecule has 1 aromatic heterocycles. The molecule has 6 nitrogen and oxygen atoms in total. The third kappa shape index (κ3) is 4.46. The van der Waals surface area contributed by atoms with Gasteiger partial charge >= 0.3 is 0 Å². The van der Waals surface area contributed by atoms with E-state index in [0.29, 0.717) is 10.8 Å². The highest BCUT2D eigenvalue weighted by Gasteiger charge is 2.07. The number of hydrogen-bond acceptors (Lipinski definition) is 5. The number of hydrogen-bond donors (Lipinski definition) is 2. The van der Waals surface area contributed by atoms with Crippen molar-refractivity contribution < 1.29 is 14.3 Å². The van der Waals surface area contributed by atoms with Crippen molar-refractivity contribution in [2.24, 2.45) is 0 Å². The smallest absolute Gasteiger partial charge is 0.250 e. The highest BCUT2D eigenvalue weighted by atomic mass is 32.1. The standard InChI is InChI=1S/C19H17N3O3S/c1-12(23)20-14-6-3-13(4-7-14)5-10-18(24)22-19-21-16-9-8-15(25-2)11-17(16)26-19/h3-11H,1-2H3,(H,20,23)(H,21,22,24)/b10-5+. The van der Waals surface area contributed by atoms with Crippen molar-refractivity contribution in [3.8, 4) is 5.75 Å². The van der Waals surface area contributed by atoms with Crippen LogP contribution < -0.4 is 15.4 Å². The molecule has 132 valence electrons. The van der Waals surface area contributed by atoms with Gasteiger partial charge in [-0.05, 0) is 42.0 Å². The van der Waals surface area contributed by atoms with E-state index in [9.17, 15) is 9.59 Å². The molecule has 0 saturated carbocycles. The minimum atomic E-state index is -0.262. The Morgan fingerprint density at radius 3 is 2.58 bits per heavy atom. The van der Waals surface area contributed by atoms with Gasteiger partial charge in [0, 0.05) is 18.7 Å². The lowest BCUT2D eigenvalue weighted by Gasteiger charge is -2.01. The Bertz CT molecular complexity index is 977. The first-order valence-electron chi connectivity index (χ1n) is 7.85. The van der Waals surface area contributed by atoms with Crippen LogP contribution in [0.25, 0.3) is 16.3 Å². The van der Waals surface area contributed by atoms with Crippen molar-refractivity contribution in [1.82, 2.24) is 4.98 Å². The molecule has 0 aliphatic heterocycles. The molecule has 7 heteroatoms. The van der Waals surface area contributed by atoms with Crippen molar-refractivity contribution in [3.63, 3.8) is 0 Å². The Kier molecular flexibility index (Phi) is 5.28. The number of aromatic nitrogens is 1. The van der Waals surface area contributed by atoms with Gasteiger partial charge in [-0.15, -0.1) is 0 Å². The molecular formula is C19H17N3O3S. The quantitative estimate of drug-likeness (QED) is 0.670. The summed E-state index contributed by atoms with van der Waals surface area (Å²) in [5, 5.41) is 5.98. The minimum absolute atomic E-state index is 0.124. The molecule has 0 atom stereocenters. The summed E-state index contributed by atoms with van der Waals surface area (Å²) >= 11 is 1.39. The number of anilines is 2. The summed E-state index contributed by atoms with van der Waals surface area (Å²) in [5.41, 5.74) is 2.37. The van der Waals surface area contributed by atoms with Crippen LogP contribution in [0.5, 0.6) is 5.75 Å². The lowest BCUT2D eigenvalue weighted by molar-refractivity contribution is -0.114. The predicted molar refractivity (Wildman–Crippen MR) is 105 cm³/mol. The largest absolute Gasteiger partial charge is 0.497 e. The molecule has 2 aromatic carbocycles. The van der Waals surface area contributed by atoms with Crippen LogP contribution in [-0.4, -0.2) is 23.9 Å². The summed E-state index contributed by atoms with van der Waals surface area (Å²) in [4.78, 5) is 27.5. The zero-order chi connectivity index (χ0) is 18.5. The Labute approximate surface area is 154 Å². The van der Waals surface area contributed by atoms with E-state index in [-0.39, 0.29) is 11.8 Å². The van der Waals surface area contributed by atoms with Crippen LogP contribution in [0, 0.1) is 0 Å². The van der Waals surface area contributed by atoms with E-state index in [4.69, 9.17) is 4.74 Å². The molecule has 0 spiro atoms. The molecule has 2 N–H and O–H groups in total. The van der Waals surface area contributed by atoms with Gasteiger partial charge in [0.2, 0.25) is 11.8 Å². The SMILES string of the molecule is COc1ccc2nc(NC(=O)/C=C/c3ccc(NC(C)=O)cc3)sc2c1. The number of fused-ring (bicyclic) bond motifs is 1. The number of amides is 2. The molecule has 0 saturated heterocycles. The number of nitrogens with one attached hydrogen (secondary N) is 2. The zero-order valence-corrected chi connectivity index (χ0v) is 15.1. The molecule has 0 aliphatic rings. The second-order valence-corrected chi connectivity index (χ2v) is 6.51. The molecule has 0 aliphatic carbocycles. The van der Waals surface area contributed by atoms with Gasteiger partial charge < -0.3 is 10.1 Å². The van der Waals surface area contributed by atoms with Gasteiger partial charge in [-0.3, -0.25) is 14.9 Å². The van der Waals surface area contributed by atoms with Crippen molar-refractivity contribution in [3.05, 3.63) is 54.1 Å². The van der Waals surface area contributed by atoms with Crippen molar-refractivity contribution in [2.45, 2.75) is 6.92 Å². The van der Waals surface area contributed by atoms with E-state index < -0.39 is 0 Å². The molecule has 3 rings (SSSR count). The van der Waals surface area contributed by atoms with Gasteiger partial charge in [0.1, 0.15) is 5.75 Å². The number of thiazole rings is 1. The van der Waals surface area contributed by atoms with Gasteiger partial charge in [0.05, 0.1) is 17.3 Å². The summed E-state index contributed by atoms with van der Waals surface area (Å²) in [7, 11) is 1.61. The fraction of sp³-hybridized carbons (Fsp3) is 0.105. The van der Waals surface area contributed by atoms with E-state index in [0.717, 1.165) is 21.5 Å². The molecule has 26 heavy (non-hydrogen) atoms. The van der Waals surface area contributed by atoms with E-state index in [1.165, 1.54) is 24.3 Å². The molecule has 1 heterocycles. The number of methoxy groups -OCH3 is 1. The second-order valence-electron chi connectivity index (χ2n) is 5.48. The van der Waals surface area contributed by atoms with Crippen LogP contribution in [0.4, 0.5) is 10.8 Å². The predicted octanol–water partition coefficient (Wildman–Crippen LogP) is 3.92. The van der Waals surface area contributed by atoms with Gasteiger partial charge in [-0.1, -0.05) is 23.5 Å². The Morgan fingerprint density at radius 1 is 1.12 bits per heavy atom. The lowest BCUT2D eigenvalue weighted by atomic mass is 10.2. The van der Waals surface area contributed by atoms with E-state index >= 15 is 0 Å². The molecule has 3 aromatic rings. The molecule has 0 bridgehead atoms. The number of carbonyl (C=O) groups excluding carboxylic acids is 2. The van der Waals surface area contributed by atoms with E-state index in [1.54, 1.807) is 25.3 Å². The average Bonchev–Trinajstić information content (AvgIpc) is 3.01. The summed E-state index contributed by atoms with van der Waals surface area (Å²) in [5.74, 6) is 0.365. The molecule has 0 unspecified atom stereocenters. The third-order valence-corrected chi connectivity index (χ3v) is 4.42. The number of carbonyl (C=O) groups is 2. The molecule has 2 amide bonds. The van der Waals surface area contributed by atoms with Crippen molar-refractivity contribution in [1.29, 1.82) is 0 Å². The monoisotopic (exact) mass is 367 g/mol. The molecular weight excluding hydrogens is 350 g/mol. The third-order valence-electron chi connectivity index (χ3n) is 3.48. The van der Waals surface area contributed by atoms with Crippen molar-refractivity contribution in [2.75, 3.05) is 17.7 Å². The van der Waals surface area contributed by atoms with Crippen LogP contribution in [0.2, 0.25) is 0 Å². The fourth-order valence-electron chi connectivity index (χ4n) is 2.29. The highest BCUT2D eigenvalue weighted by molar-refractivity contribution is 7.22. The maximum atomic E-state index is 12.1. The number of benzene rings is 2. The fourth-order valence-corrected chi connectivity index (χ4v) is 3.18. The summed E-state index contributed by atoms with van der Waals surface area (Å²) in [6.07, 6.45) is 3.14. The van der Waals surface area contributed by atoms with Gasteiger partial charge in [0.15, 0.2) is 5.13 Å². The molecule has 0 fully saturated rings. The highest BCUT2D eigenvalue weighted by Crippen LogP contribution is 2.29.